The standard InChI is InChI=1S/C12H15FN2O3/c1-3-15(7-5-11(16)18-2)12(17)9-4-6-14-10(13)8-9/h4,6,8H,3,5,7H2,1-2H3. The second-order valence-electron chi connectivity index (χ2n) is 3.58. The van der Waals surface area contributed by atoms with Gasteiger partial charge in [-0.1, -0.05) is 0 Å². The average molecular weight is 254 g/mol. The van der Waals surface area contributed by atoms with Crippen LogP contribution < -0.4 is 0 Å². The molecule has 0 N–H and O–H groups in total. The van der Waals surface area contributed by atoms with E-state index in [4.69, 9.17) is 0 Å². The van der Waals surface area contributed by atoms with E-state index < -0.39 is 5.95 Å². The number of pyridine rings is 1. The molecular weight excluding hydrogens is 239 g/mol. The first-order valence-corrected chi connectivity index (χ1v) is 5.56. The highest BCUT2D eigenvalue weighted by Crippen LogP contribution is 2.06. The van der Waals surface area contributed by atoms with Gasteiger partial charge in [-0.2, -0.15) is 4.39 Å². The molecule has 1 amide bonds. The van der Waals surface area contributed by atoms with Crippen LogP contribution in [0.5, 0.6) is 0 Å². The summed E-state index contributed by atoms with van der Waals surface area (Å²) in [6.07, 6.45) is 1.35. The van der Waals surface area contributed by atoms with Crippen LogP contribution in [0.15, 0.2) is 18.3 Å². The van der Waals surface area contributed by atoms with Gasteiger partial charge in [0.1, 0.15) is 0 Å². The van der Waals surface area contributed by atoms with Gasteiger partial charge in [0.05, 0.1) is 13.5 Å². The van der Waals surface area contributed by atoms with E-state index >= 15 is 0 Å². The Morgan fingerprint density at radius 2 is 2.22 bits per heavy atom. The zero-order chi connectivity index (χ0) is 13.5. The Morgan fingerprint density at radius 3 is 2.78 bits per heavy atom. The largest absolute Gasteiger partial charge is 0.469 e. The molecule has 0 unspecified atom stereocenters. The first-order chi connectivity index (χ1) is 8.58. The molecule has 0 aliphatic carbocycles. The lowest BCUT2D eigenvalue weighted by Gasteiger charge is -2.20. The molecule has 6 heteroatoms. The summed E-state index contributed by atoms with van der Waals surface area (Å²) in [6, 6.07) is 2.51. The molecule has 0 aromatic carbocycles. The third-order valence-electron chi connectivity index (χ3n) is 2.46. The Labute approximate surface area is 105 Å². The average Bonchev–Trinajstić information content (AvgIpc) is 2.38. The Kier molecular flexibility index (Phi) is 5.23. The van der Waals surface area contributed by atoms with Crippen molar-refractivity contribution in [2.45, 2.75) is 13.3 Å². The van der Waals surface area contributed by atoms with Gasteiger partial charge in [0.15, 0.2) is 0 Å². The molecule has 0 spiro atoms. The van der Waals surface area contributed by atoms with E-state index in [1.54, 1.807) is 6.92 Å². The summed E-state index contributed by atoms with van der Waals surface area (Å²) in [6.45, 7) is 2.46. The molecule has 18 heavy (non-hydrogen) atoms. The van der Waals surface area contributed by atoms with Crippen molar-refractivity contribution in [1.82, 2.24) is 9.88 Å². The quantitative estimate of drug-likeness (QED) is 0.586. The van der Waals surface area contributed by atoms with E-state index in [0.29, 0.717) is 6.54 Å². The van der Waals surface area contributed by atoms with Gasteiger partial charge in [0.2, 0.25) is 5.95 Å². The van der Waals surface area contributed by atoms with Gasteiger partial charge in [-0.3, -0.25) is 9.59 Å². The third-order valence-corrected chi connectivity index (χ3v) is 2.46. The lowest BCUT2D eigenvalue weighted by atomic mass is 10.2. The molecule has 0 aliphatic rings. The number of amides is 1. The highest BCUT2D eigenvalue weighted by molar-refractivity contribution is 5.94. The number of carbonyl (C=O) groups excluding carboxylic acids is 2. The van der Waals surface area contributed by atoms with Gasteiger partial charge in [0, 0.05) is 30.9 Å². The number of halogens is 1. The lowest BCUT2D eigenvalue weighted by molar-refractivity contribution is -0.140. The van der Waals surface area contributed by atoms with Crippen LogP contribution in [0.3, 0.4) is 0 Å². The van der Waals surface area contributed by atoms with E-state index in [0.717, 1.165) is 6.07 Å². The lowest BCUT2D eigenvalue weighted by Crippen LogP contribution is -2.33. The SMILES string of the molecule is CCN(CCC(=O)OC)C(=O)c1ccnc(F)c1. The van der Waals surface area contributed by atoms with Crippen LogP contribution in [0.2, 0.25) is 0 Å². The van der Waals surface area contributed by atoms with E-state index in [9.17, 15) is 14.0 Å². The molecule has 1 aromatic heterocycles. The molecular formula is C12H15FN2O3. The second-order valence-corrected chi connectivity index (χ2v) is 3.58. The topological polar surface area (TPSA) is 59.5 Å². The van der Waals surface area contributed by atoms with Crippen molar-refractivity contribution in [3.63, 3.8) is 0 Å². The molecule has 1 heterocycles. The maximum Gasteiger partial charge on any atom is 0.307 e. The maximum atomic E-state index is 12.9. The molecule has 1 rings (SSSR count). The van der Waals surface area contributed by atoms with Gasteiger partial charge in [0.25, 0.3) is 5.91 Å². The Bertz CT molecular complexity index is 437. The van der Waals surface area contributed by atoms with Gasteiger partial charge in [-0.05, 0) is 13.0 Å². The van der Waals surface area contributed by atoms with Gasteiger partial charge in [-0.15, -0.1) is 0 Å². The number of aromatic nitrogens is 1. The summed E-state index contributed by atoms with van der Waals surface area (Å²) in [4.78, 5) is 27.9. The minimum Gasteiger partial charge on any atom is -0.469 e. The summed E-state index contributed by atoms with van der Waals surface area (Å²) in [5.41, 5.74) is 0.217. The maximum absolute atomic E-state index is 12.9. The second kappa shape index (κ2) is 6.68. The van der Waals surface area contributed by atoms with Crippen molar-refractivity contribution < 1.29 is 18.7 Å². The van der Waals surface area contributed by atoms with Crippen molar-refractivity contribution >= 4 is 11.9 Å². The normalized spacial score (nSPS) is 9.94. The third kappa shape index (κ3) is 3.80. The number of hydrogen-bond donors (Lipinski definition) is 0. The molecule has 5 nitrogen and oxygen atoms in total. The molecule has 0 bridgehead atoms. The predicted molar refractivity (Wildman–Crippen MR) is 62.4 cm³/mol. The predicted octanol–water partition coefficient (Wildman–Crippen LogP) is 1.25. The summed E-state index contributed by atoms with van der Waals surface area (Å²) >= 11 is 0. The fourth-order valence-corrected chi connectivity index (χ4v) is 1.45. The minimum atomic E-state index is -0.704. The molecule has 0 saturated carbocycles. The van der Waals surface area contributed by atoms with Crippen LogP contribution in [0, 0.1) is 5.95 Å². The zero-order valence-corrected chi connectivity index (χ0v) is 10.4. The van der Waals surface area contributed by atoms with Crippen LogP contribution >= 0.6 is 0 Å². The summed E-state index contributed by atoms with van der Waals surface area (Å²) in [5, 5.41) is 0. The van der Waals surface area contributed by atoms with Crippen molar-refractivity contribution in [2.24, 2.45) is 0 Å². The van der Waals surface area contributed by atoms with Crippen LogP contribution in [-0.4, -0.2) is 42.0 Å². The number of nitrogens with zero attached hydrogens (tertiary/aromatic N) is 2. The van der Waals surface area contributed by atoms with Crippen LogP contribution in [-0.2, 0) is 9.53 Å². The van der Waals surface area contributed by atoms with E-state index in [1.807, 2.05) is 0 Å². The summed E-state index contributed by atoms with van der Waals surface area (Å²) in [7, 11) is 1.29. The Hall–Kier alpha value is -1.98. The molecule has 0 fully saturated rings. The number of carbonyl (C=O) groups is 2. The van der Waals surface area contributed by atoms with Gasteiger partial charge < -0.3 is 9.64 Å². The molecule has 0 aliphatic heterocycles. The molecule has 1 aromatic rings. The number of ether oxygens (including phenoxy) is 1. The summed E-state index contributed by atoms with van der Waals surface area (Å²) in [5.74, 6) is -1.42. The van der Waals surface area contributed by atoms with E-state index in [1.165, 1.54) is 24.3 Å². The highest BCUT2D eigenvalue weighted by atomic mass is 19.1. The van der Waals surface area contributed by atoms with E-state index in [-0.39, 0.29) is 30.4 Å². The zero-order valence-electron chi connectivity index (χ0n) is 10.4. The van der Waals surface area contributed by atoms with Gasteiger partial charge >= 0.3 is 5.97 Å². The van der Waals surface area contributed by atoms with Crippen LogP contribution in [0.1, 0.15) is 23.7 Å². The molecule has 0 atom stereocenters. The summed E-state index contributed by atoms with van der Waals surface area (Å²) < 4.78 is 17.4. The molecule has 0 radical (unpaired) electrons. The number of rotatable bonds is 5. The fraction of sp³-hybridized carbons (Fsp3) is 0.417. The fourth-order valence-electron chi connectivity index (χ4n) is 1.45. The minimum absolute atomic E-state index is 0.115. The first-order valence-electron chi connectivity index (χ1n) is 5.56. The Morgan fingerprint density at radius 1 is 1.50 bits per heavy atom. The van der Waals surface area contributed by atoms with Crippen LogP contribution in [0.25, 0.3) is 0 Å². The van der Waals surface area contributed by atoms with Gasteiger partial charge in [-0.25, -0.2) is 4.98 Å². The van der Waals surface area contributed by atoms with Crippen molar-refractivity contribution in [3.05, 3.63) is 29.8 Å². The monoisotopic (exact) mass is 254 g/mol. The molecule has 98 valence electrons. The smallest absolute Gasteiger partial charge is 0.307 e. The number of hydrogen-bond acceptors (Lipinski definition) is 4. The first kappa shape index (κ1) is 14.1. The highest BCUT2D eigenvalue weighted by Gasteiger charge is 2.16. The van der Waals surface area contributed by atoms with Crippen LogP contribution in [0.4, 0.5) is 4.39 Å². The number of methoxy groups -OCH3 is 1. The van der Waals surface area contributed by atoms with Crippen molar-refractivity contribution in [2.75, 3.05) is 20.2 Å². The molecule has 0 saturated heterocycles. The number of esters is 1. The Balaban J connectivity index is 2.70. The van der Waals surface area contributed by atoms with Crippen molar-refractivity contribution in [3.8, 4) is 0 Å². The van der Waals surface area contributed by atoms with Crippen molar-refractivity contribution in [1.29, 1.82) is 0 Å². The van der Waals surface area contributed by atoms with E-state index in [2.05, 4.69) is 9.72 Å².